The van der Waals surface area contributed by atoms with Crippen LogP contribution in [-0.2, 0) is 24.0 Å². The molecule has 0 aliphatic heterocycles. The molecule has 1 unspecified atom stereocenters. The van der Waals surface area contributed by atoms with Crippen LogP contribution >= 0.6 is 0 Å². The Morgan fingerprint density at radius 1 is 0.621 bits per heavy atom. The van der Waals surface area contributed by atoms with Crippen LogP contribution in [0.4, 0.5) is 0 Å². The van der Waals surface area contributed by atoms with Gasteiger partial charge in [0, 0.05) is 19.3 Å². The second-order valence-corrected chi connectivity index (χ2v) is 6.89. The van der Waals surface area contributed by atoms with Gasteiger partial charge in [0.05, 0.1) is 0 Å². The first-order valence-electron chi connectivity index (χ1n) is 9.94. The summed E-state index contributed by atoms with van der Waals surface area (Å²) in [6.45, 7) is -0.536. The van der Waals surface area contributed by atoms with E-state index in [1.807, 2.05) is 0 Å². The molecule has 0 saturated heterocycles. The smallest absolute Gasteiger partial charge is 0.326 e. The highest BCUT2D eigenvalue weighted by molar-refractivity contribution is 5.85. The average molecular weight is 416 g/mol. The first kappa shape index (κ1) is 26.4. The number of amides is 2. The minimum Gasteiger partial charge on any atom is -0.481 e. The fraction of sp³-hybridized carbons (Fsp3) is 0.737. The number of rotatable bonds is 18. The Bertz CT molecular complexity index is 550. The molecule has 0 heterocycles. The van der Waals surface area contributed by atoms with E-state index in [4.69, 9.17) is 15.3 Å². The van der Waals surface area contributed by atoms with Crippen LogP contribution < -0.4 is 10.6 Å². The Morgan fingerprint density at radius 3 is 1.62 bits per heavy atom. The molecule has 10 nitrogen and oxygen atoms in total. The standard InChI is InChI=1S/C19H32N2O8/c22-15(20-13-18(26)27)12-11-14(19(28)29)21-16(23)9-7-5-3-1-2-4-6-8-10-17(24)25/h14H,1-13H2,(H,20,22)(H,21,23)(H,24,25)(H,26,27)(H,28,29). The molecule has 0 bridgehead atoms. The van der Waals surface area contributed by atoms with E-state index in [9.17, 15) is 24.0 Å². The number of nitrogens with one attached hydrogen (secondary N) is 2. The van der Waals surface area contributed by atoms with Crippen molar-refractivity contribution >= 4 is 29.7 Å². The van der Waals surface area contributed by atoms with Crippen molar-refractivity contribution in [3.63, 3.8) is 0 Å². The number of aliphatic carboxylic acids is 3. The zero-order valence-electron chi connectivity index (χ0n) is 16.7. The molecular weight excluding hydrogens is 384 g/mol. The summed E-state index contributed by atoms with van der Waals surface area (Å²) < 4.78 is 0. The van der Waals surface area contributed by atoms with Crippen LogP contribution in [0.15, 0.2) is 0 Å². The van der Waals surface area contributed by atoms with Gasteiger partial charge in [-0.2, -0.15) is 0 Å². The second kappa shape index (κ2) is 16.3. The Morgan fingerprint density at radius 2 is 1.14 bits per heavy atom. The Balaban J connectivity index is 3.82. The van der Waals surface area contributed by atoms with E-state index >= 15 is 0 Å². The van der Waals surface area contributed by atoms with Crippen molar-refractivity contribution in [2.75, 3.05) is 6.54 Å². The van der Waals surface area contributed by atoms with Gasteiger partial charge >= 0.3 is 17.9 Å². The third-order valence-electron chi connectivity index (χ3n) is 4.27. The summed E-state index contributed by atoms with van der Waals surface area (Å²) in [7, 11) is 0. The Labute approximate surface area is 170 Å². The lowest BCUT2D eigenvalue weighted by Crippen LogP contribution is -2.41. The van der Waals surface area contributed by atoms with E-state index in [0.717, 1.165) is 38.5 Å². The third kappa shape index (κ3) is 17.2. The zero-order valence-corrected chi connectivity index (χ0v) is 16.7. The van der Waals surface area contributed by atoms with Gasteiger partial charge in [-0.25, -0.2) is 4.79 Å². The lowest BCUT2D eigenvalue weighted by atomic mass is 10.1. The number of carboxylic acid groups (broad SMARTS) is 3. The van der Waals surface area contributed by atoms with E-state index in [-0.39, 0.29) is 25.7 Å². The maximum absolute atomic E-state index is 11.9. The molecule has 0 radical (unpaired) electrons. The van der Waals surface area contributed by atoms with E-state index in [1.165, 1.54) is 0 Å². The van der Waals surface area contributed by atoms with Gasteiger partial charge in [-0.3, -0.25) is 19.2 Å². The van der Waals surface area contributed by atoms with Crippen LogP contribution in [0.5, 0.6) is 0 Å². The van der Waals surface area contributed by atoms with Crippen LogP contribution in [0, 0.1) is 0 Å². The maximum Gasteiger partial charge on any atom is 0.326 e. The summed E-state index contributed by atoms with van der Waals surface area (Å²) in [6, 6.07) is -1.19. The Hall–Kier alpha value is -2.65. The molecule has 0 aromatic rings. The third-order valence-corrected chi connectivity index (χ3v) is 4.27. The summed E-state index contributed by atoms with van der Waals surface area (Å²) >= 11 is 0. The Kier molecular flexibility index (Phi) is 14.8. The molecule has 0 saturated carbocycles. The summed E-state index contributed by atoms with van der Waals surface area (Å²) in [6.07, 6.45) is 7.16. The molecule has 0 spiro atoms. The van der Waals surface area contributed by atoms with E-state index in [2.05, 4.69) is 10.6 Å². The van der Waals surface area contributed by atoms with E-state index in [0.29, 0.717) is 12.8 Å². The van der Waals surface area contributed by atoms with E-state index in [1.54, 1.807) is 0 Å². The summed E-state index contributed by atoms with van der Waals surface area (Å²) in [4.78, 5) is 55.3. The average Bonchev–Trinajstić information content (AvgIpc) is 2.64. The summed E-state index contributed by atoms with van der Waals surface area (Å²) in [5.74, 6) is -4.19. The van der Waals surface area contributed by atoms with Crippen molar-refractivity contribution < 1.29 is 39.3 Å². The molecule has 1 atom stereocenters. The van der Waals surface area contributed by atoms with Gasteiger partial charge in [-0.15, -0.1) is 0 Å². The van der Waals surface area contributed by atoms with Gasteiger partial charge in [0.15, 0.2) is 0 Å². The molecule has 5 N–H and O–H groups in total. The van der Waals surface area contributed by atoms with Crippen molar-refractivity contribution in [3.8, 4) is 0 Å². The molecule has 29 heavy (non-hydrogen) atoms. The molecular formula is C19H32N2O8. The van der Waals surface area contributed by atoms with Gasteiger partial charge in [-0.1, -0.05) is 38.5 Å². The van der Waals surface area contributed by atoms with Gasteiger partial charge in [0.1, 0.15) is 12.6 Å². The van der Waals surface area contributed by atoms with Gasteiger partial charge in [0.25, 0.3) is 0 Å². The number of hydrogen-bond acceptors (Lipinski definition) is 5. The van der Waals surface area contributed by atoms with Crippen molar-refractivity contribution in [2.24, 2.45) is 0 Å². The molecule has 0 rings (SSSR count). The quantitative estimate of drug-likeness (QED) is 0.209. The molecule has 0 aliphatic rings. The minimum absolute atomic E-state index is 0.117. The van der Waals surface area contributed by atoms with Crippen molar-refractivity contribution in [3.05, 3.63) is 0 Å². The number of hydrogen-bond donors (Lipinski definition) is 5. The van der Waals surface area contributed by atoms with Crippen molar-refractivity contribution in [1.29, 1.82) is 0 Å². The molecule has 2 amide bonds. The van der Waals surface area contributed by atoms with Crippen LogP contribution in [0.1, 0.15) is 77.0 Å². The van der Waals surface area contributed by atoms with Crippen LogP contribution in [0.2, 0.25) is 0 Å². The molecule has 10 heteroatoms. The van der Waals surface area contributed by atoms with Crippen LogP contribution in [-0.4, -0.2) is 57.6 Å². The highest BCUT2D eigenvalue weighted by Crippen LogP contribution is 2.11. The predicted molar refractivity (Wildman–Crippen MR) is 103 cm³/mol. The normalized spacial score (nSPS) is 11.4. The van der Waals surface area contributed by atoms with Crippen molar-refractivity contribution in [1.82, 2.24) is 10.6 Å². The molecule has 0 aromatic carbocycles. The second-order valence-electron chi connectivity index (χ2n) is 6.89. The zero-order chi connectivity index (χ0) is 22.1. The van der Waals surface area contributed by atoms with E-state index < -0.39 is 42.3 Å². The highest BCUT2D eigenvalue weighted by atomic mass is 16.4. The molecule has 166 valence electrons. The predicted octanol–water partition coefficient (Wildman–Crippen LogP) is 1.52. The largest absolute Gasteiger partial charge is 0.481 e. The van der Waals surface area contributed by atoms with Crippen molar-refractivity contribution in [2.45, 2.75) is 83.1 Å². The monoisotopic (exact) mass is 416 g/mol. The fourth-order valence-electron chi connectivity index (χ4n) is 2.68. The number of carboxylic acids is 3. The first-order valence-corrected chi connectivity index (χ1v) is 9.94. The highest BCUT2D eigenvalue weighted by Gasteiger charge is 2.20. The number of carbonyl (C=O) groups is 5. The minimum atomic E-state index is -1.24. The summed E-state index contributed by atoms with van der Waals surface area (Å²) in [5, 5.41) is 30.7. The number of carbonyl (C=O) groups excluding carboxylic acids is 2. The summed E-state index contributed by atoms with van der Waals surface area (Å²) in [5.41, 5.74) is 0. The lowest BCUT2D eigenvalue weighted by molar-refractivity contribution is -0.142. The van der Waals surface area contributed by atoms with Gasteiger partial charge in [-0.05, 0) is 19.3 Å². The first-order chi connectivity index (χ1) is 13.7. The molecule has 0 aliphatic carbocycles. The maximum atomic E-state index is 11.9. The molecule has 0 fully saturated rings. The van der Waals surface area contributed by atoms with Gasteiger partial charge in [0.2, 0.25) is 11.8 Å². The van der Waals surface area contributed by atoms with Crippen LogP contribution in [0.25, 0.3) is 0 Å². The number of unbranched alkanes of at least 4 members (excludes halogenated alkanes) is 7. The fourth-order valence-corrected chi connectivity index (χ4v) is 2.68. The SMILES string of the molecule is O=C(O)CCCCCCCCCCC(=O)NC(CCC(=O)NCC(=O)O)C(=O)O. The van der Waals surface area contributed by atoms with Gasteiger partial charge < -0.3 is 26.0 Å². The lowest BCUT2D eigenvalue weighted by Gasteiger charge is -2.14. The molecule has 0 aromatic heterocycles. The topological polar surface area (TPSA) is 170 Å². The van der Waals surface area contributed by atoms with Crippen LogP contribution in [0.3, 0.4) is 0 Å².